The lowest BCUT2D eigenvalue weighted by Gasteiger charge is -2.31. The molecule has 136 valence electrons. The van der Waals surface area contributed by atoms with Crippen LogP contribution in [-0.2, 0) is 4.79 Å². The molecule has 3 fully saturated rings. The number of rotatable bonds is 5. The van der Waals surface area contributed by atoms with E-state index in [0.29, 0.717) is 25.6 Å². The second-order valence-corrected chi connectivity index (χ2v) is 7.96. The molecule has 1 aliphatic carbocycles. The third kappa shape index (κ3) is 2.89. The van der Waals surface area contributed by atoms with Crippen molar-refractivity contribution in [2.45, 2.75) is 25.7 Å². The molecule has 0 bridgehead atoms. The summed E-state index contributed by atoms with van der Waals surface area (Å²) < 4.78 is 0. The minimum absolute atomic E-state index is 0.112. The Morgan fingerprint density at radius 3 is 2.84 bits per heavy atom. The highest BCUT2D eigenvalue weighted by molar-refractivity contribution is 5.85. The average Bonchev–Trinajstić information content (AvgIpc) is 3.35. The molecular formula is C18H27N5O2. The number of nitrogens with zero attached hydrogens (tertiary/aromatic N) is 3. The molecule has 4 rings (SSSR count). The lowest BCUT2D eigenvalue weighted by molar-refractivity contribution is -0.131. The number of fused-ring (bicyclic) bond motifs is 1. The van der Waals surface area contributed by atoms with Gasteiger partial charge in [-0.05, 0) is 18.9 Å². The quantitative estimate of drug-likeness (QED) is 0.705. The lowest BCUT2D eigenvalue weighted by Crippen LogP contribution is -2.50. The molecule has 0 unspecified atom stereocenters. The number of aliphatic hydroxyl groups is 1. The number of nitrogens with one attached hydrogen (secondary N) is 2. The van der Waals surface area contributed by atoms with Crippen LogP contribution in [0.4, 0.5) is 5.95 Å². The molecule has 0 aromatic carbocycles. The molecular weight excluding hydrogens is 318 g/mol. The van der Waals surface area contributed by atoms with E-state index in [1.807, 2.05) is 0 Å². The van der Waals surface area contributed by atoms with Gasteiger partial charge in [0.15, 0.2) is 0 Å². The Bertz CT molecular complexity index is 619. The van der Waals surface area contributed by atoms with Gasteiger partial charge < -0.3 is 20.6 Å². The minimum atomic E-state index is -0.422. The van der Waals surface area contributed by atoms with E-state index in [-0.39, 0.29) is 23.8 Å². The first kappa shape index (κ1) is 16.7. The van der Waals surface area contributed by atoms with Crippen LogP contribution in [0.3, 0.4) is 0 Å². The molecule has 1 aromatic rings. The van der Waals surface area contributed by atoms with Crippen LogP contribution in [0.15, 0.2) is 18.5 Å². The summed E-state index contributed by atoms with van der Waals surface area (Å²) in [5.41, 5.74) is -0.539. The van der Waals surface area contributed by atoms with Gasteiger partial charge >= 0.3 is 0 Å². The molecule has 1 amide bonds. The average molecular weight is 345 g/mol. The van der Waals surface area contributed by atoms with Crippen molar-refractivity contribution in [3.63, 3.8) is 0 Å². The number of carbonyl (C=O) groups excluding carboxylic acids is 1. The van der Waals surface area contributed by atoms with Crippen molar-refractivity contribution in [3.8, 4) is 0 Å². The van der Waals surface area contributed by atoms with Crippen LogP contribution in [0, 0.1) is 16.7 Å². The van der Waals surface area contributed by atoms with E-state index in [1.165, 1.54) is 0 Å². The number of aromatic nitrogens is 2. The van der Waals surface area contributed by atoms with Gasteiger partial charge in [0, 0.05) is 56.5 Å². The summed E-state index contributed by atoms with van der Waals surface area (Å²) in [4.78, 5) is 24.0. The number of carbonyl (C=O) groups is 1. The maximum absolute atomic E-state index is 13.1. The van der Waals surface area contributed by atoms with Crippen molar-refractivity contribution in [1.82, 2.24) is 20.6 Å². The zero-order valence-electron chi connectivity index (χ0n) is 14.6. The zero-order chi connectivity index (χ0) is 17.3. The summed E-state index contributed by atoms with van der Waals surface area (Å²) in [6.07, 6.45) is 7.78. The summed E-state index contributed by atoms with van der Waals surface area (Å²) in [6, 6.07) is 1.81. The Kier molecular flexibility index (Phi) is 4.37. The molecule has 3 aliphatic rings. The molecule has 2 aliphatic heterocycles. The van der Waals surface area contributed by atoms with Gasteiger partial charge in [-0.15, -0.1) is 0 Å². The summed E-state index contributed by atoms with van der Waals surface area (Å²) >= 11 is 0. The highest BCUT2D eigenvalue weighted by Crippen LogP contribution is 2.41. The van der Waals surface area contributed by atoms with Crippen LogP contribution in [0.1, 0.15) is 25.7 Å². The predicted octanol–water partition coefficient (Wildman–Crippen LogP) is 0.171. The standard InChI is InChI=1S/C18H27N5O2/c24-13-17(4-1-2-5-17)10-22-15(25)18-11-19-8-14(18)9-23(12-18)16-20-6-3-7-21-16/h3,6-7,14,19,24H,1-2,4-5,8-13H2,(H,22,25)/t14-,18-/m1/s1. The fourth-order valence-electron chi connectivity index (χ4n) is 4.81. The molecule has 0 radical (unpaired) electrons. The Morgan fingerprint density at radius 1 is 1.36 bits per heavy atom. The number of aliphatic hydroxyl groups excluding tert-OH is 1. The number of hydrogen-bond acceptors (Lipinski definition) is 6. The summed E-state index contributed by atoms with van der Waals surface area (Å²) in [6.45, 7) is 3.73. The fraction of sp³-hybridized carbons (Fsp3) is 0.722. The Labute approximate surface area is 148 Å². The third-order valence-corrected chi connectivity index (χ3v) is 6.44. The Hall–Kier alpha value is -1.73. The smallest absolute Gasteiger partial charge is 0.229 e. The molecule has 1 aromatic heterocycles. The second-order valence-electron chi connectivity index (χ2n) is 7.96. The van der Waals surface area contributed by atoms with Crippen LogP contribution in [0.5, 0.6) is 0 Å². The van der Waals surface area contributed by atoms with Crippen LogP contribution in [0.2, 0.25) is 0 Å². The van der Waals surface area contributed by atoms with E-state index in [1.54, 1.807) is 18.5 Å². The van der Waals surface area contributed by atoms with E-state index in [0.717, 1.165) is 38.8 Å². The summed E-state index contributed by atoms with van der Waals surface area (Å²) in [5, 5.41) is 16.4. The highest BCUT2D eigenvalue weighted by atomic mass is 16.3. The largest absolute Gasteiger partial charge is 0.396 e. The van der Waals surface area contributed by atoms with Crippen molar-refractivity contribution in [2.75, 3.05) is 44.2 Å². The molecule has 25 heavy (non-hydrogen) atoms. The first-order chi connectivity index (χ1) is 12.2. The molecule has 1 saturated carbocycles. The topological polar surface area (TPSA) is 90.4 Å². The number of hydrogen-bond donors (Lipinski definition) is 3. The van der Waals surface area contributed by atoms with E-state index in [2.05, 4.69) is 25.5 Å². The molecule has 2 atom stereocenters. The van der Waals surface area contributed by atoms with E-state index >= 15 is 0 Å². The van der Waals surface area contributed by atoms with Gasteiger partial charge in [0.1, 0.15) is 0 Å². The van der Waals surface area contributed by atoms with Gasteiger partial charge in [-0.3, -0.25) is 4.79 Å². The SMILES string of the molecule is O=C(NCC1(CO)CCCC1)[C@@]12CNC[C@@H]1CN(c1ncccn1)C2. The molecule has 7 nitrogen and oxygen atoms in total. The van der Waals surface area contributed by atoms with Gasteiger partial charge in [0.05, 0.1) is 12.0 Å². The van der Waals surface area contributed by atoms with E-state index in [4.69, 9.17) is 0 Å². The van der Waals surface area contributed by atoms with E-state index < -0.39 is 5.41 Å². The van der Waals surface area contributed by atoms with Crippen molar-refractivity contribution >= 4 is 11.9 Å². The third-order valence-electron chi connectivity index (χ3n) is 6.44. The Morgan fingerprint density at radius 2 is 2.12 bits per heavy atom. The monoisotopic (exact) mass is 345 g/mol. The highest BCUT2D eigenvalue weighted by Gasteiger charge is 2.55. The molecule has 0 spiro atoms. The van der Waals surface area contributed by atoms with Gasteiger partial charge in [0.2, 0.25) is 11.9 Å². The van der Waals surface area contributed by atoms with Crippen LogP contribution < -0.4 is 15.5 Å². The van der Waals surface area contributed by atoms with Crippen molar-refractivity contribution < 1.29 is 9.90 Å². The Balaban J connectivity index is 1.46. The molecule has 3 heterocycles. The van der Waals surface area contributed by atoms with E-state index in [9.17, 15) is 9.90 Å². The first-order valence-electron chi connectivity index (χ1n) is 9.29. The second kappa shape index (κ2) is 6.53. The van der Waals surface area contributed by atoms with Crippen molar-refractivity contribution in [3.05, 3.63) is 18.5 Å². The van der Waals surface area contributed by atoms with Gasteiger partial charge in [-0.1, -0.05) is 12.8 Å². The van der Waals surface area contributed by atoms with Gasteiger partial charge in [-0.25, -0.2) is 9.97 Å². The van der Waals surface area contributed by atoms with Crippen LogP contribution in [0.25, 0.3) is 0 Å². The van der Waals surface area contributed by atoms with Crippen molar-refractivity contribution in [1.29, 1.82) is 0 Å². The maximum atomic E-state index is 13.1. The fourth-order valence-corrected chi connectivity index (χ4v) is 4.81. The maximum Gasteiger partial charge on any atom is 0.229 e. The van der Waals surface area contributed by atoms with Crippen molar-refractivity contribution in [2.24, 2.45) is 16.7 Å². The molecule has 3 N–H and O–H groups in total. The molecule has 2 saturated heterocycles. The zero-order valence-corrected chi connectivity index (χ0v) is 14.6. The predicted molar refractivity (Wildman–Crippen MR) is 94.0 cm³/mol. The lowest BCUT2D eigenvalue weighted by atomic mass is 9.79. The van der Waals surface area contributed by atoms with Crippen LogP contribution >= 0.6 is 0 Å². The van der Waals surface area contributed by atoms with Crippen LogP contribution in [-0.4, -0.2) is 60.3 Å². The normalized spacial score (nSPS) is 30.4. The summed E-state index contributed by atoms with van der Waals surface area (Å²) in [5.74, 6) is 1.08. The molecule has 7 heteroatoms. The van der Waals surface area contributed by atoms with Gasteiger partial charge in [-0.2, -0.15) is 0 Å². The first-order valence-corrected chi connectivity index (χ1v) is 9.29. The minimum Gasteiger partial charge on any atom is -0.396 e. The number of anilines is 1. The number of amides is 1. The summed E-state index contributed by atoms with van der Waals surface area (Å²) in [7, 11) is 0. The van der Waals surface area contributed by atoms with Gasteiger partial charge in [0.25, 0.3) is 0 Å².